The van der Waals surface area contributed by atoms with Gasteiger partial charge in [-0.15, -0.1) is 0 Å². The summed E-state index contributed by atoms with van der Waals surface area (Å²) in [6.45, 7) is 9.39. The number of nitrogens with zero attached hydrogens (tertiary/aromatic N) is 1. The second-order valence-corrected chi connectivity index (χ2v) is 20.4. The molecule has 2 nitrogen and oxygen atoms in total. The minimum Gasteiger partial charge on any atom is -0.455 e. The predicted octanol–water partition coefficient (Wildman–Crippen LogP) is 19.0. The van der Waals surface area contributed by atoms with Crippen molar-refractivity contribution in [1.29, 1.82) is 0 Å². The van der Waals surface area contributed by atoms with Crippen LogP contribution in [0.3, 0.4) is 0 Å². The van der Waals surface area contributed by atoms with E-state index in [1.807, 2.05) is 0 Å². The topological polar surface area (TPSA) is 16.4 Å². The highest BCUT2D eigenvalue weighted by atomic mass is 16.3. The molecule has 0 fully saturated rings. The minimum absolute atomic E-state index is 0.0909. The van der Waals surface area contributed by atoms with Crippen molar-refractivity contribution < 1.29 is 4.42 Å². The minimum atomic E-state index is -0.154. The molecule has 2 aliphatic carbocycles. The maximum atomic E-state index is 7.27. The van der Waals surface area contributed by atoms with Crippen molar-refractivity contribution in [1.82, 2.24) is 0 Å². The number of benzene rings is 11. The summed E-state index contributed by atoms with van der Waals surface area (Å²) in [4.78, 5) is 2.46. The summed E-state index contributed by atoms with van der Waals surface area (Å²) < 4.78 is 7.27. The highest BCUT2D eigenvalue weighted by Crippen LogP contribution is 2.54. The lowest BCUT2D eigenvalue weighted by molar-refractivity contribution is 0.648. The van der Waals surface area contributed by atoms with Crippen LogP contribution < -0.4 is 4.90 Å². The van der Waals surface area contributed by atoms with Gasteiger partial charge in [-0.1, -0.05) is 204 Å². The summed E-state index contributed by atoms with van der Waals surface area (Å²) in [5, 5.41) is 7.04. The average molecular weight is 896 g/mol. The van der Waals surface area contributed by atoms with Gasteiger partial charge in [-0.05, 0) is 137 Å². The quantitative estimate of drug-likeness (QED) is 0.165. The zero-order valence-electron chi connectivity index (χ0n) is 39.7. The lowest BCUT2D eigenvalue weighted by atomic mass is 9.82. The Morgan fingerprint density at radius 3 is 1.64 bits per heavy atom. The Labute approximate surface area is 408 Å². The molecule has 332 valence electrons. The molecule has 1 heterocycles. The van der Waals surface area contributed by atoms with E-state index in [1.165, 1.54) is 88.3 Å². The molecular formula is C68H49NO. The Bertz CT molecular complexity index is 4110. The first-order valence-corrected chi connectivity index (χ1v) is 24.6. The van der Waals surface area contributed by atoms with Gasteiger partial charge in [-0.2, -0.15) is 0 Å². The molecule has 0 amide bonds. The molecule has 0 N–H and O–H groups in total. The average Bonchev–Trinajstić information content (AvgIpc) is 3.98. The fraction of sp³-hybridized carbons (Fsp3) is 0.0882. The summed E-state index contributed by atoms with van der Waals surface area (Å²) in [5.74, 6) is 0. The van der Waals surface area contributed by atoms with E-state index in [1.54, 1.807) is 0 Å². The Morgan fingerprint density at radius 1 is 0.329 bits per heavy atom. The molecule has 1 aromatic heterocycles. The molecule has 0 saturated heterocycles. The van der Waals surface area contributed by atoms with Gasteiger partial charge in [-0.3, -0.25) is 0 Å². The second kappa shape index (κ2) is 15.0. The van der Waals surface area contributed by atoms with Crippen LogP contribution in [0.1, 0.15) is 49.9 Å². The molecule has 0 unspecified atom stereocenters. The molecule has 2 aliphatic rings. The molecule has 0 radical (unpaired) electrons. The van der Waals surface area contributed by atoms with E-state index in [2.05, 4.69) is 257 Å². The van der Waals surface area contributed by atoms with Gasteiger partial charge in [0, 0.05) is 43.9 Å². The maximum absolute atomic E-state index is 7.27. The fourth-order valence-electron chi connectivity index (χ4n) is 12.4. The van der Waals surface area contributed by atoms with E-state index >= 15 is 0 Å². The first kappa shape index (κ1) is 40.6. The van der Waals surface area contributed by atoms with Gasteiger partial charge in [0.1, 0.15) is 11.2 Å². The van der Waals surface area contributed by atoms with E-state index in [4.69, 9.17) is 4.42 Å². The van der Waals surface area contributed by atoms with Crippen molar-refractivity contribution >= 4 is 60.5 Å². The van der Waals surface area contributed by atoms with E-state index in [9.17, 15) is 0 Å². The standard InChI is InChI=1S/C68H49NO/c1-67(2)59-27-14-12-23-51(59)56-39-46(33-37-61(56)67)69(45-31-29-43(30-32-45)42-17-6-5-7-18-42)63-38-36-50(49-22-10-11-25-53(49)63)54-34-35-55(48-26-16-20-44-19-8-9-21-47(44)48)66-65(54)58-40-57-52-24-13-15-28-60(52)68(3,4)62(57)41-64(58)70-66/h5-41H,1-4H3. The van der Waals surface area contributed by atoms with Crippen LogP contribution in [-0.4, -0.2) is 0 Å². The normalized spacial score (nSPS) is 13.9. The van der Waals surface area contributed by atoms with E-state index in [-0.39, 0.29) is 10.8 Å². The number of hydrogen-bond acceptors (Lipinski definition) is 2. The molecule has 0 saturated carbocycles. The second-order valence-electron chi connectivity index (χ2n) is 20.4. The van der Waals surface area contributed by atoms with Crippen molar-refractivity contribution in [2.75, 3.05) is 4.90 Å². The Kier molecular flexibility index (Phi) is 8.71. The van der Waals surface area contributed by atoms with Crippen LogP contribution in [0.4, 0.5) is 17.1 Å². The predicted molar refractivity (Wildman–Crippen MR) is 295 cm³/mol. The van der Waals surface area contributed by atoms with Gasteiger partial charge in [-0.25, -0.2) is 0 Å². The molecule has 12 aromatic rings. The summed E-state index contributed by atoms with van der Waals surface area (Å²) in [6, 6.07) is 83.0. The van der Waals surface area contributed by atoms with Crippen LogP contribution in [0.25, 0.3) is 99.1 Å². The number of fused-ring (bicyclic) bond motifs is 11. The first-order chi connectivity index (χ1) is 34.2. The number of rotatable bonds is 6. The zero-order chi connectivity index (χ0) is 46.9. The molecule has 0 atom stereocenters. The van der Waals surface area contributed by atoms with Crippen LogP contribution in [0, 0.1) is 0 Å². The van der Waals surface area contributed by atoms with Gasteiger partial charge in [0.05, 0.1) is 5.69 Å². The smallest absolute Gasteiger partial charge is 0.143 e. The third kappa shape index (κ3) is 5.86. The molecule has 70 heavy (non-hydrogen) atoms. The molecule has 2 heteroatoms. The third-order valence-electron chi connectivity index (χ3n) is 15.9. The molecule has 14 rings (SSSR count). The lowest BCUT2D eigenvalue weighted by Crippen LogP contribution is -2.15. The molecule has 0 bridgehead atoms. The van der Waals surface area contributed by atoms with Gasteiger partial charge >= 0.3 is 0 Å². The van der Waals surface area contributed by atoms with Gasteiger partial charge < -0.3 is 9.32 Å². The summed E-state index contributed by atoms with van der Waals surface area (Å²) in [5.41, 5.74) is 22.5. The first-order valence-electron chi connectivity index (χ1n) is 24.6. The van der Waals surface area contributed by atoms with Crippen molar-refractivity contribution in [2.24, 2.45) is 0 Å². The SMILES string of the molecule is CC1(C)c2ccccc2-c2cc(N(c3ccc(-c4ccccc4)cc3)c3ccc(-c4ccc(-c5cccc6ccccc56)c5oc6cc7c(cc6c45)-c4ccccc4C7(C)C)c4ccccc34)ccc21. The lowest BCUT2D eigenvalue weighted by Gasteiger charge is -2.29. The number of furan rings is 1. The van der Waals surface area contributed by atoms with Crippen molar-refractivity contribution in [3.8, 4) is 55.6 Å². The Morgan fingerprint density at radius 2 is 0.871 bits per heavy atom. The Balaban J connectivity index is 1.01. The highest BCUT2D eigenvalue weighted by Gasteiger charge is 2.38. The number of hydrogen-bond donors (Lipinski definition) is 0. The summed E-state index contributed by atoms with van der Waals surface area (Å²) in [7, 11) is 0. The van der Waals surface area contributed by atoms with Crippen molar-refractivity contribution in [2.45, 2.75) is 38.5 Å². The highest BCUT2D eigenvalue weighted by molar-refractivity contribution is 6.21. The van der Waals surface area contributed by atoms with Crippen molar-refractivity contribution in [3.63, 3.8) is 0 Å². The van der Waals surface area contributed by atoms with Crippen LogP contribution >= 0.6 is 0 Å². The largest absolute Gasteiger partial charge is 0.455 e. The van der Waals surface area contributed by atoms with Crippen LogP contribution in [0.5, 0.6) is 0 Å². The van der Waals surface area contributed by atoms with Gasteiger partial charge in [0.25, 0.3) is 0 Å². The monoisotopic (exact) mass is 895 g/mol. The van der Waals surface area contributed by atoms with Crippen LogP contribution in [-0.2, 0) is 10.8 Å². The third-order valence-corrected chi connectivity index (χ3v) is 15.9. The van der Waals surface area contributed by atoms with Gasteiger partial charge in [0.2, 0.25) is 0 Å². The molecule has 11 aromatic carbocycles. The molecular weight excluding hydrogens is 847 g/mol. The molecule has 0 aliphatic heterocycles. The maximum Gasteiger partial charge on any atom is 0.143 e. The summed E-state index contributed by atoms with van der Waals surface area (Å²) >= 11 is 0. The van der Waals surface area contributed by atoms with Crippen molar-refractivity contribution in [3.05, 3.63) is 247 Å². The Hall–Kier alpha value is -8.46. The fourth-order valence-corrected chi connectivity index (χ4v) is 12.4. The number of anilines is 3. The molecule has 0 spiro atoms. The van der Waals surface area contributed by atoms with Crippen LogP contribution in [0.15, 0.2) is 229 Å². The van der Waals surface area contributed by atoms with E-state index in [0.717, 1.165) is 50.1 Å². The van der Waals surface area contributed by atoms with E-state index in [0.29, 0.717) is 0 Å². The van der Waals surface area contributed by atoms with Gasteiger partial charge in [0.15, 0.2) is 0 Å². The summed E-state index contributed by atoms with van der Waals surface area (Å²) in [6.07, 6.45) is 0. The zero-order valence-corrected chi connectivity index (χ0v) is 39.7. The van der Waals surface area contributed by atoms with E-state index < -0.39 is 0 Å². The van der Waals surface area contributed by atoms with Crippen LogP contribution in [0.2, 0.25) is 0 Å².